The molecule has 0 amide bonds. The second-order valence-electron chi connectivity index (χ2n) is 9.96. The van der Waals surface area contributed by atoms with E-state index < -0.39 is 8.32 Å². The van der Waals surface area contributed by atoms with Crippen LogP contribution in [0.4, 0.5) is 0 Å². The maximum atomic E-state index is 11.7. The monoisotopic (exact) mass is 334 g/mol. The number of fused-ring (bicyclic) bond motifs is 1. The van der Waals surface area contributed by atoms with Crippen molar-refractivity contribution >= 4 is 14.6 Å². The Bertz CT molecular complexity index is 524. The number of allylic oxidation sites excluding steroid dienone is 2. The first-order valence-corrected chi connectivity index (χ1v) is 12.3. The van der Waals surface area contributed by atoms with Crippen molar-refractivity contribution < 1.29 is 9.22 Å². The van der Waals surface area contributed by atoms with Crippen LogP contribution in [0.5, 0.6) is 0 Å². The summed E-state index contributed by atoms with van der Waals surface area (Å²) in [4.78, 5) is 11.7. The van der Waals surface area contributed by atoms with Crippen LogP contribution in [0.15, 0.2) is 11.6 Å². The van der Waals surface area contributed by atoms with Crippen molar-refractivity contribution in [3.8, 4) is 0 Å². The Morgan fingerprint density at radius 1 is 1.26 bits per heavy atom. The summed E-state index contributed by atoms with van der Waals surface area (Å²) < 4.78 is 6.85. The molecular weight excluding hydrogens is 300 g/mol. The molecule has 0 aliphatic heterocycles. The van der Waals surface area contributed by atoms with Crippen LogP contribution in [0.1, 0.15) is 66.2 Å². The molecule has 3 aliphatic rings. The maximum absolute atomic E-state index is 11.7. The predicted molar refractivity (Wildman–Crippen MR) is 97.9 cm³/mol. The van der Waals surface area contributed by atoms with Gasteiger partial charge in [0, 0.05) is 11.5 Å². The molecule has 2 fully saturated rings. The molecule has 0 spiro atoms. The Hall–Kier alpha value is -0.413. The molecule has 0 aromatic heterocycles. The van der Waals surface area contributed by atoms with E-state index >= 15 is 0 Å². The van der Waals surface area contributed by atoms with E-state index in [0.29, 0.717) is 12.0 Å². The normalized spacial score (nSPS) is 36.3. The lowest BCUT2D eigenvalue weighted by Gasteiger charge is -2.49. The topological polar surface area (TPSA) is 26.3 Å². The smallest absolute Gasteiger partial charge is 0.192 e. The van der Waals surface area contributed by atoms with Gasteiger partial charge in [-0.05, 0) is 61.6 Å². The zero-order chi connectivity index (χ0) is 17.1. The fraction of sp³-hybridized carbons (Fsp3) is 0.850. The van der Waals surface area contributed by atoms with Crippen molar-refractivity contribution in [2.24, 2.45) is 16.7 Å². The van der Waals surface area contributed by atoms with E-state index in [1.807, 2.05) is 0 Å². The van der Waals surface area contributed by atoms with Gasteiger partial charge in [0.25, 0.3) is 0 Å². The molecule has 0 heterocycles. The van der Waals surface area contributed by atoms with Crippen molar-refractivity contribution in [3.63, 3.8) is 0 Å². The van der Waals surface area contributed by atoms with Crippen LogP contribution >= 0.6 is 0 Å². The number of rotatable bonds is 4. The highest BCUT2D eigenvalue weighted by atomic mass is 28.4. The van der Waals surface area contributed by atoms with E-state index in [1.165, 1.54) is 31.1 Å². The first kappa shape index (κ1) is 17.4. The van der Waals surface area contributed by atoms with Gasteiger partial charge in [0.05, 0.1) is 0 Å². The minimum Gasteiger partial charge on any atom is -0.414 e. The summed E-state index contributed by atoms with van der Waals surface area (Å²) in [7, 11) is -1.74. The van der Waals surface area contributed by atoms with Gasteiger partial charge < -0.3 is 9.22 Å². The highest BCUT2D eigenvalue weighted by molar-refractivity contribution is 6.74. The minimum absolute atomic E-state index is 0.0949. The fourth-order valence-electron chi connectivity index (χ4n) is 4.75. The van der Waals surface area contributed by atoms with Crippen molar-refractivity contribution in [2.75, 3.05) is 0 Å². The SMILES string of the molecule is CC(C)(C)[Si](C)(C)O[C@H]1CCC[C@@]2(C)C(C3(C=O)CC3)=CCC12. The lowest BCUT2D eigenvalue weighted by atomic mass is 9.62. The molecule has 0 aromatic rings. The Morgan fingerprint density at radius 2 is 1.91 bits per heavy atom. The zero-order valence-corrected chi connectivity index (χ0v) is 16.9. The molecule has 130 valence electrons. The number of carbonyl (C=O) groups excluding carboxylic acids is 1. The van der Waals surface area contributed by atoms with Crippen LogP contribution in [0.2, 0.25) is 18.1 Å². The van der Waals surface area contributed by atoms with Gasteiger partial charge >= 0.3 is 0 Å². The molecule has 0 aromatic carbocycles. The second-order valence-corrected chi connectivity index (χ2v) is 14.7. The van der Waals surface area contributed by atoms with Crippen molar-refractivity contribution in [1.29, 1.82) is 0 Å². The molecule has 0 radical (unpaired) electrons. The molecule has 3 heteroatoms. The maximum Gasteiger partial charge on any atom is 0.192 e. The summed E-state index contributed by atoms with van der Waals surface area (Å²) in [5, 5.41) is 0.260. The largest absolute Gasteiger partial charge is 0.414 e. The summed E-state index contributed by atoms with van der Waals surface area (Å²) in [5.41, 5.74) is 1.57. The second kappa shape index (κ2) is 5.29. The van der Waals surface area contributed by atoms with Crippen LogP contribution < -0.4 is 0 Å². The molecule has 3 atom stereocenters. The van der Waals surface area contributed by atoms with Gasteiger partial charge in [0.2, 0.25) is 0 Å². The van der Waals surface area contributed by atoms with Gasteiger partial charge in [-0.3, -0.25) is 0 Å². The highest BCUT2D eigenvalue weighted by Gasteiger charge is 2.58. The highest BCUT2D eigenvalue weighted by Crippen LogP contribution is 2.64. The van der Waals surface area contributed by atoms with Gasteiger partial charge in [0.1, 0.15) is 6.29 Å². The Morgan fingerprint density at radius 3 is 2.43 bits per heavy atom. The van der Waals surface area contributed by atoms with Crippen molar-refractivity contribution in [3.05, 3.63) is 11.6 Å². The van der Waals surface area contributed by atoms with Gasteiger partial charge in [0.15, 0.2) is 8.32 Å². The van der Waals surface area contributed by atoms with E-state index in [1.54, 1.807) is 0 Å². The molecule has 23 heavy (non-hydrogen) atoms. The fourth-order valence-corrected chi connectivity index (χ4v) is 6.14. The van der Waals surface area contributed by atoms with E-state index in [9.17, 15) is 4.79 Å². The number of aldehydes is 1. The molecule has 3 rings (SSSR count). The predicted octanol–water partition coefficient (Wildman–Crippen LogP) is 5.49. The Labute approximate surface area is 143 Å². The van der Waals surface area contributed by atoms with Crippen LogP contribution in [0.3, 0.4) is 0 Å². The van der Waals surface area contributed by atoms with Gasteiger partial charge in [-0.2, -0.15) is 0 Å². The average molecular weight is 335 g/mol. The van der Waals surface area contributed by atoms with Crippen LogP contribution in [-0.2, 0) is 9.22 Å². The average Bonchev–Trinajstić information content (AvgIpc) is 3.13. The zero-order valence-electron chi connectivity index (χ0n) is 15.9. The third-order valence-electron chi connectivity index (χ3n) is 7.45. The van der Waals surface area contributed by atoms with Crippen LogP contribution in [-0.4, -0.2) is 20.7 Å². The summed E-state index contributed by atoms with van der Waals surface area (Å²) >= 11 is 0. The third-order valence-corrected chi connectivity index (χ3v) is 12.0. The molecule has 2 nitrogen and oxygen atoms in total. The first-order valence-electron chi connectivity index (χ1n) is 9.41. The summed E-state index contributed by atoms with van der Waals surface area (Å²) in [5.74, 6) is 0.581. The molecule has 0 bridgehead atoms. The van der Waals surface area contributed by atoms with E-state index in [2.05, 4.69) is 46.9 Å². The third kappa shape index (κ3) is 2.68. The van der Waals surface area contributed by atoms with Crippen molar-refractivity contribution in [1.82, 2.24) is 0 Å². The van der Waals surface area contributed by atoms with Gasteiger partial charge in [-0.25, -0.2) is 0 Å². The Kier molecular flexibility index (Phi) is 4.00. The number of hydrogen-bond donors (Lipinski definition) is 0. The van der Waals surface area contributed by atoms with E-state index in [-0.39, 0.29) is 15.9 Å². The molecule has 2 saturated carbocycles. The molecule has 3 aliphatic carbocycles. The Balaban J connectivity index is 1.82. The molecular formula is C20H34O2Si. The molecule has 0 saturated heterocycles. The minimum atomic E-state index is -1.74. The van der Waals surface area contributed by atoms with E-state index in [0.717, 1.165) is 19.3 Å². The number of hydrogen-bond acceptors (Lipinski definition) is 2. The van der Waals surface area contributed by atoms with Crippen molar-refractivity contribution in [2.45, 2.75) is 90.5 Å². The van der Waals surface area contributed by atoms with Gasteiger partial charge in [-0.15, -0.1) is 0 Å². The first-order chi connectivity index (χ1) is 10.6. The lowest BCUT2D eigenvalue weighted by molar-refractivity contribution is -0.111. The molecule has 1 unspecified atom stereocenters. The summed E-state index contributed by atoms with van der Waals surface area (Å²) in [6, 6.07) is 0. The summed E-state index contributed by atoms with van der Waals surface area (Å²) in [6.07, 6.45) is 10.9. The van der Waals surface area contributed by atoms with Gasteiger partial charge in [-0.1, -0.05) is 45.8 Å². The van der Waals surface area contributed by atoms with E-state index in [4.69, 9.17) is 4.43 Å². The quantitative estimate of drug-likeness (QED) is 0.386. The molecule has 0 N–H and O–H groups in total. The van der Waals surface area contributed by atoms with Crippen LogP contribution in [0, 0.1) is 16.7 Å². The summed E-state index contributed by atoms with van der Waals surface area (Å²) in [6.45, 7) is 14.1. The lowest BCUT2D eigenvalue weighted by Crippen LogP contribution is -2.50. The number of carbonyl (C=O) groups is 1. The standard InChI is InChI=1S/C20H34O2Si/c1-18(2,3)23(5,6)22-16-8-7-11-19(4)15(16)9-10-17(19)20(14-21)12-13-20/h10,14-16H,7-9,11-13H2,1-6H3/t15?,16-,19+/m0/s1. The van der Waals surface area contributed by atoms with Crippen LogP contribution in [0.25, 0.3) is 0 Å².